The lowest BCUT2D eigenvalue weighted by atomic mass is 10.0. The van der Waals surface area contributed by atoms with E-state index in [4.69, 9.17) is 9.84 Å². The van der Waals surface area contributed by atoms with Gasteiger partial charge in [-0.15, -0.1) is 0 Å². The van der Waals surface area contributed by atoms with Crippen molar-refractivity contribution in [2.45, 2.75) is 20.0 Å². The Morgan fingerprint density at radius 3 is 2.47 bits per heavy atom. The van der Waals surface area contributed by atoms with Crippen LogP contribution in [0.2, 0.25) is 0 Å². The molecule has 2 aromatic rings. The van der Waals surface area contributed by atoms with E-state index >= 15 is 0 Å². The summed E-state index contributed by atoms with van der Waals surface area (Å²) in [6.45, 7) is 2.37. The van der Waals surface area contributed by atoms with Crippen LogP contribution in [0.4, 0.5) is 0 Å². The molecular formula is C16H16O3. The van der Waals surface area contributed by atoms with Crippen LogP contribution < -0.4 is 4.74 Å². The van der Waals surface area contributed by atoms with Crippen LogP contribution in [-0.4, -0.2) is 11.1 Å². The molecule has 19 heavy (non-hydrogen) atoms. The van der Waals surface area contributed by atoms with Crippen molar-refractivity contribution >= 4 is 5.97 Å². The van der Waals surface area contributed by atoms with Crippen molar-refractivity contribution in [1.29, 1.82) is 0 Å². The summed E-state index contributed by atoms with van der Waals surface area (Å²) in [6.07, 6.45) is 0.632. The Bertz CT molecular complexity index is 561. The van der Waals surface area contributed by atoms with Crippen LogP contribution >= 0.6 is 0 Å². The van der Waals surface area contributed by atoms with Crippen LogP contribution in [0.3, 0.4) is 0 Å². The highest BCUT2D eigenvalue weighted by atomic mass is 16.5. The molecule has 0 atom stereocenters. The molecule has 1 N–H and O–H groups in total. The fourth-order valence-corrected chi connectivity index (χ4v) is 2.00. The molecule has 0 spiro atoms. The molecule has 98 valence electrons. The smallest absolute Gasteiger partial charge is 0.336 e. The highest BCUT2D eigenvalue weighted by Crippen LogP contribution is 2.24. The molecular weight excluding hydrogens is 240 g/mol. The molecule has 0 saturated heterocycles. The van der Waals surface area contributed by atoms with Gasteiger partial charge in [0.15, 0.2) is 0 Å². The molecule has 0 heterocycles. The number of carbonyl (C=O) groups is 1. The Hall–Kier alpha value is -2.29. The first-order valence-electron chi connectivity index (χ1n) is 6.24. The van der Waals surface area contributed by atoms with E-state index in [9.17, 15) is 4.79 Å². The van der Waals surface area contributed by atoms with Crippen LogP contribution in [0.1, 0.15) is 28.4 Å². The molecule has 0 aromatic heterocycles. The highest BCUT2D eigenvalue weighted by Gasteiger charge is 2.13. The van der Waals surface area contributed by atoms with E-state index in [0.29, 0.717) is 24.3 Å². The van der Waals surface area contributed by atoms with Crippen molar-refractivity contribution < 1.29 is 14.6 Å². The van der Waals surface area contributed by atoms with E-state index in [1.807, 2.05) is 43.3 Å². The molecule has 3 nitrogen and oxygen atoms in total. The van der Waals surface area contributed by atoms with Crippen LogP contribution in [0.15, 0.2) is 48.5 Å². The molecule has 0 aliphatic carbocycles. The first-order chi connectivity index (χ1) is 9.22. The lowest BCUT2D eigenvalue weighted by Crippen LogP contribution is -2.05. The zero-order chi connectivity index (χ0) is 13.7. The summed E-state index contributed by atoms with van der Waals surface area (Å²) in [5, 5.41) is 9.15. The normalized spacial score (nSPS) is 10.2. The summed E-state index contributed by atoms with van der Waals surface area (Å²) in [5.41, 5.74) is 2.12. The Balaban J connectivity index is 2.21. The third-order valence-electron chi connectivity index (χ3n) is 2.95. The summed E-state index contributed by atoms with van der Waals surface area (Å²) in [4.78, 5) is 11.2. The first-order valence-corrected chi connectivity index (χ1v) is 6.24. The molecule has 0 aliphatic rings. The van der Waals surface area contributed by atoms with Crippen molar-refractivity contribution in [2.75, 3.05) is 0 Å². The van der Waals surface area contributed by atoms with Crippen LogP contribution in [0.25, 0.3) is 0 Å². The second-order valence-electron chi connectivity index (χ2n) is 4.22. The van der Waals surface area contributed by atoms with Crippen molar-refractivity contribution in [1.82, 2.24) is 0 Å². The maximum absolute atomic E-state index is 11.2. The minimum absolute atomic E-state index is 0.313. The third kappa shape index (κ3) is 3.13. The van der Waals surface area contributed by atoms with Crippen molar-refractivity contribution in [2.24, 2.45) is 0 Å². The molecule has 2 aromatic carbocycles. The molecule has 0 fully saturated rings. The van der Waals surface area contributed by atoms with E-state index < -0.39 is 5.97 Å². The molecule has 0 unspecified atom stereocenters. The van der Waals surface area contributed by atoms with Crippen molar-refractivity contribution in [3.8, 4) is 5.75 Å². The largest absolute Gasteiger partial charge is 0.489 e. The molecule has 0 saturated carbocycles. The van der Waals surface area contributed by atoms with Gasteiger partial charge in [-0.2, -0.15) is 0 Å². The van der Waals surface area contributed by atoms with Gasteiger partial charge in [-0.3, -0.25) is 0 Å². The highest BCUT2D eigenvalue weighted by molar-refractivity contribution is 5.90. The molecule has 0 aliphatic heterocycles. The number of carboxylic acid groups (broad SMARTS) is 1. The average molecular weight is 256 g/mol. The third-order valence-corrected chi connectivity index (χ3v) is 2.95. The Morgan fingerprint density at radius 1 is 1.11 bits per heavy atom. The maximum atomic E-state index is 11.2. The maximum Gasteiger partial charge on any atom is 0.336 e. The van der Waals surface area contributed by atoms with Gasteiger partial charge in [0.05, 0.1) is 5.56 Å². The van der Waals surface area contributed by atoms with Gasteiger partial charge >= 0.3 is 5.97 Å². The Labute approximate surface area is 112 Å². The second-order valence-corrected chi connectivity index (χ2v) is 4.22. The summed E-state index contributed by atoms with van der Waals surface area (Å²) in [7, 11) is 0. The summed E-state index contributed by atoms with van der Waals surface area (Å²) < 4.78 is 5.74. The number of carboxylic acids is 1. The van der Waals surface area contributed by atoms with E-state index in [1.54, 1.807) is 12.1 Å². The van der Waals surface area contributed by atoms with E-state index in [1.165, 1.54) is 0 Å². The van der Waals surface area contributed by atoms with Crippen molar-refractivity contribution in [3.05, 3.63) is 65.2 Å². The van der Waals surface area contributed by atoms with E-state index in [2.05, 4.69) is 0 Å². The van der Waals surface area contributed by atoms with Gasteiger partial charge < -0.3 is 9.84 Å². The standard InChI is InChI=1S/C16H16O3/c1-2-13-14(16(17)18)9-6-10-15(13)19-11-12-7-4-3-5-8-12/h3-10H,2,11H2,1H3,(H,17,18). The number of hydrogen-bond acceptors (Lipinski definition) is 2. The van der Waals surface area contributed by atoms with E-state index in [-0.39, 0.29) is 0 Å². The SMILES string of the molecule is CCc1c(OCc2ccccc2)cccc1C(=O)O. The lowest BCUT2D eigenvalue weighted by molar-refractivity contribution is 0.0695. The Morgan fingerprint density at radius 2 is 1.84 bits per heavy atom. The second kappa shape index (κ2) is 6.05. The van der Waals surface area contributed by atoms with Gasteiger partial charge in [0.2, 0.25) is 0 Å². The van der Waals surface area contributed by atoms with Crippen LogP contribution in [0, 0.1) is 0 Å². The number of ether oxygens (including phenoxy) is 1. The quantitative estimate of drug-likeness (QED) is 0.890. The van der Waals surface area contributed by atoms with E-state index in [0.717, 1.165) is 11.1 Å². The fourth-order valence-electron chi connectivity index (χ4n) is 2.00. The summed E-state index contributed by atoms with van der Waals surface area (Å²) in [6, 6.07) is 14.9. The molecule has 0 radical (unpaired) electrons. The monoisotopic (exact) mass is 256 g/mol. The zero-order valence-electron chi connectivity index (χ0n) is 10.8. The van der Waals surface area contributed by atoms with Gasteiger partial charge in [0, 0.05) is 5.56 Å². The predicted molar refractivity (Wildman–Crippen MR) is 73.6 cm³/mol. The lowest BCUT2D eigenvalue weighted by Gasteiger charge is -2.12. The summed E-state index contributed by atoms with van der Waals surface area (Å²) in [5.74, 6) is -0.270. The zero-order valence-corrected chi connectivity index (χ0v) is 10.8. The fraction of sp³-hybridized carbons (Fsp3) is 0.188. The molecule has 2 rings (SSSR count). The van der Waals surface area contributed by atoms with Crippen LogP contribution in [0.5, 0.6) is 5.75 Å². The van der Waals surface area contributed by atoms with Crippen molar-refractivity contribution in [3.63, 3.8) is 0 Å². The topological polar surface area (TPSA) is 46.5 Å². The minimum atomic E-state index is -0.915. The molecule has 0 amide bonds. The molecule has 0 bridgehead atoms. The van der Waals surface area contributed by atoms with Gasteiger partial charge in [0.25, 0.3) is 0 Å². The van der Waals surface area contributed by atoms with Gasteiger partial charge in [-0.25, -0.2) is 4.79 Å². The Kier molecular flexibility index (Phi) is 4.18. The van der Waals surface area contributed by atoms with Gasteiger partial charge in [0.1, 0.15) is 12.4 Å². The van der Waals surface area contributed by atoms with Gasteiger partial charge in [-0.1, -0.05) is 43.3 Å². The number of aromatic carboxylic acids is 1. The molecule has 3 heteroatoms. The first kappa shape index (κ1) is 13.1. The predicted octanol–water partition coefficient (Wildman–Crippen LogP) is 3.53. The summed E-state index contributed by atoms with van der Waals surface area (Å²) >= 11 is 0. The number of benzene rings is 2. The number of hydrogen-bond donors (Lipinski definition) is 1. The number of rotatable bonds is 5. The minimum Gasteiger partial charge on any atom is -0.489 e. The average Bonchev–Trinajstić information content (AvgIpc) is 2.45. The van der Waals surface area contributed by atoms with Gasteiger partial charge in [-0.05, 0) is 24.1 Å². The van der Waals surface area contributed by atoms with Crippen LogP contribution in [-0.2, 0) is 13.0 Å².